The Morgan fingerprint density at radius 1 is 1.56 bits per heavy atom. The lowest BCUT2D eigenvalue weighted by molar-refractivity contribution is -0.118. The van der Waals surface area contributed by atoms with Crippen molar-refractivity contribution in [3.8, 4) is 5.75 Å². The van der Waals surface area contributed by atoms with Gasteiger partial charge in [0.2, 0.25) is 5.91 Å². The van der Waals surface area contributed by atoms with E-state index in [0.717, 1.165) is 24.3 Å². The van der Waals surface area contributed by atoms with Crippen molar-refractivity contribution in [3.05, 3.63) is 24.3 Å². The van der Waals surface area contributed by atoms with Crippen LogP contribution in [0.4, 0.5) is 5.69 Å². The number of anilines is 1. The summed E-state index contributed by atoms with van der Waals surface area (Å²) in [6.07, 6.45) is 1.54. The number of nitrogens with one attached hydrogen (secondary N) is 1. The molecule has 0 heterocycles. The molecule has 0 aromatic heterocycles. The normalized spacial score (nSPS) is 16.6. The quantitative estimate of drug-likeness (QED) is 0.808. The number of rotatable bonds is 4. The molecule has 1 fully saturated rings. The standard InChI is InChI=1S/C12H16N2O2/c1-2-16-10-5-3-4-9(8-10)14-11(15)12(13)6-7-12/h3-5,8H,2,6-7,13H2,1H3,(H,14,15). The van der Waals surface area contributed by atoms with Crippen LogP contribution in [0.1, 0.15) is 19.8 Å². The third-order valence-electron chi connectivity index (χ3n) is 2.64. The fourth-order valence-electron chi connectivity index (χ4n) is 1.45. The molecule has 4 nitrogen and oxygen atoms in total. The zero-order chi connectivity index (χ0) is 11.6. The molecular formula is C12H16N2O2. The van der Waals surface area contributed by atoms with Gasteiger partial charge in [0.1, 0.15) is 5.75 Å². The van der Waals surface area contributed by atoms with Crippen molar-refractivity contribution in [3.63, 3.8) is 0 Å². The number of hydrogen-bond acceptors (Lipinski definition) is 3. The number of ether oxygens (including phenoxy) is 1. The highest BCUT2D eigenvalue weighted by molar-refractivity contribution is 6.00. The molecular weight excluding hydrogens is 204 g/mol. The van der Waals surface area contributed by atoms with E-state index in [1.807, 2.05) is 25.1 Å². The fourth-order valence-corrected chi connectivity index (χ4v) is 1.45. The molecule has 0 aliphatic heterocycles. The Balaban J connectivity index is 2.03. The Hall–Kier alpha value is -1.55. The number of carbonyl (C=O) groups is 1. The van der Waals surface area contributed by atoms with Crippen LogP contribution in [0.2, 0.25) is 0 Å². The van der Waals surface area contributed by atoms with Crippen LogP contribution in [-0.2, 0) is 4.79 Å². The predicted molar refractivity (Wildman–Crippen MR) is 62.4 cm³/mol. The van der Waals surface area contributed by atoms with Crippen LogP contribution in [0.3, 0.4) is 0 Å². The molecule has 3 N–H and O–H groups in total. The van der Waals surface area contributed by atoms with E-state index in [9.17, 15) is 4.79 Å². The largest absolute Gasteiger partial charge is 0.494 e. The van der Waals surface area contributed by atoms with Gasteiger partial charge >= 0.3 is 0 Å². The molecule has 1 aromatic rings. The summed E-state index contributed by atoms with van der Waals surface area (Å²) in [6.45, 7) is 2.53. The second-order valence-electron chi connectivity index (χ2n) is 4.07. The Morgan fingerprint density at radius 3 is 2.94 bits per heavy atom. The molecule has 1 amide bonds. The number of hydrogen-bond donors (Lipinski definition) is 2. The first kappa shape index (κ1) is 11.0. The van der Waals surface area contributed by atoms with E-state index in [1.54, 1.807) is 6.07 Å². The summed E-state index contributed by atoms with van der Waals surface area (Å²) in [6, 6.07) is 7.32. The van der Waals surface area contributed by atoms with Gasteiger partial charge in [0.15, 0.2) is 0 Å². The highest BCUT2D eigenvalue weighted by atomic mass is 16.5. The van der Waals surface area contributed by atoms with E-state index < -0.39 is 5.54 Å². The highest BCUT2D eigenvalue weighted by Crippen LogP contribution is 2.33. The Labute approximate surface area is 94.8 Å². The number of amides is 1. The average Bonchev–Trinajstić information content (AvgIpc) is 2.99. The topological polar surface area (TPSA) is 64.3 Å². The fraction of sp³-hybridized carbons (Fsp3) is 0.417. The molecule has 0 saturated heterocycles. The lowest BCUT2D eigenvalue weighted by Gasteiger charge is -2.11. The molecule has 1 aliphatic carbocycles. The monoisotopic (exact) mass is 220 g/mol. The van der Waals surface area contributed by atoms with Gasteiger partial charge in [-0.05, 0) is 31.9 Å². The second-order valence-corrected chi connectivity index (χ2v) is 4.07. The molecule has 1 aliphatic rings. The number of carbonyl (C=O) groups excluding carboxylic acids is 1. The van der Waals surface area contributed by atoms with Gasteiger partial charge in [-0.1, -0.05) is 6.07 Å². The van der Waals surface area contributed by atoms with Gasteiger partial charge in [0.05, 0.1) is 12.1 Å². The van der Waals surface area contributed by atoms with Crippen molar-refractivity contribution >= 4 is 11.6 Å². The molecule has 0 atom stereocenters. The molecule has 1 aromatic carbocycles. The summed E-state index contributed by atoms with van der Waals surface area (Å²) in [4.78, 5) is 11.7. The van der Waals surface area contributed by atoms with Crippen molar-refractivity contribution in [1.29, 1.82) is 0 Å². The third-order valence-corrected chi connectivity index (χ3v) is 2.64. The smallest absolute Gasteiger partial charge is 0.244 e. The third kappa shape index (κ3) is 2.33. The maximum Gasteiger partial charge on any atom is 0.244 e. The molecule has 0 unspecified atom stereocenters. The first-order valence-corrected chi connectivity index (χ1v) is 5.47. The van der Waals surface area contributed by atoms with Gasteiger partial charge in [-0.25, -0.2) is 0 Å². The predicted octanol–water partition coefficient (Wildman–Crippen LogP) is 1.52. The number of nitrogens with two attached hydrogens (primary N) is 1. The maximum absolute atomic E-state index is 11.7. The minimum absolute atomic E-state index is 0.110. The molecule has 0 bridgehead atoms. The molecule has 1 saturated carbocycles. The Morgan fingerprint density at radius 2 is 2.31 bits per heavy atom. The van der Waals surface area contributed by atoms with Crippen molar-refractivity contribution in [2.24, 2.45) is 5.73 Å². The van der Waals surface area contributed by atoms with E-state index in [4.69, 9.17) is 10.5 Å². The van der Waals surface area contributed by atoms with Crippen LogP contribution in [0.25, 0.3) is 0 Å². The molecule has 86 valence electrons. The lowest BCUT2D eigenvalue weighted by atomic mass is 10.2. The summed E-state index contributed by atoms with van der Waals surface area (Å²) in [5.74, 6) is 0.642. The van der Waals surface area contributed by atoms with Gasteiger partial charge < -0.3 is 15.8 Å². The summed E-state index contributed by atoms with van der Waals surface area (Å²) in [5, 5.41) is 2.80. The van der Waals surface area contributed by atoms with Crippen molar-refractivity contribution in [2.75, 3.05) is 11.9 Å². The SMILES string of the molecule is CCOc1cccc(NC(=O)C2(N)CC2)c1. The van der Waals surface area contributed by atoms with Gasteiger partial charge in [0.25, 0.3) is 0 Å². The van der Waals surface area contributed by atoms with Gasteiger partial charge in [-0.3, -0.25) is 4.79 Å². The van der Waals surface area contributed by atoms with Crippen molar-refractivity contribution in [1.82, 2.24) is 0 Å². The van der Waals surface area contributed by atoms with Crippen molar-refractivity contribution < 1.29 is 9.53 Å². The lowest BCUT2D eigenvalue weighted by Crippen LogP contribution is -2.37. The van der Waals surface area contributed by atoms with Crippen LogP contribution in [0.15, 0.2) is 24.3 Å². The zero-order valence-corrected chi connectivity index (χ0v) is 9.32. The van der Waals surface area contributed by atoms with E-state index in [2.05, 4.69) is 5.32 Å². The number of benzene rings is 1. The first-order chi connectivity index (χ1) is 7.64. The van der Waals surface area contributed by atoms with E-state index in [1.165, 1.54) is 0 Å². The Bertz CT molecular complexity index is 400. The van der Waals surface area contributed by atoms with Gasteiger partial charge in [-0.2, -0.15) is 0 Å². The average molecular weight is 220 g/mol. The minimum Gasteiger partial charge on any atom is -0.494 e. The van der Waals surface area contributed by atoms with Crippen LogP contribution in [0.5, 0.6) is 5.75 Å². The van der Waals surface area contributed by atoms with Crippen LogP contribution >= 0.6 is 0 Å². The molecule has 4 heteroatoms. The minimum atomic E-state index is -0.637. The molecule has 0 radical (unpaired) electrons. The van der Waals surface area contributed by atoms with E-state index in [0.29, 0.717) is 6.61 Å². The summed E-state index contributed by atoms with van der Waals surface area (Å²) < 4.78 is 5.35. The van der Waals surface area contributed by atoms with Gasteiger partial charge in [-0.15, -0.1) is 0 Å². The van der Waals surface area contributed by atoms with E-state index >= 15 is 0 Å². The summed E-state index contributed by atoms with van der Waals surface area (Å²) in [7, 11) is 0. The second kappa shape index (κ2) is 4.14. The van der Waals surface area contributed by atoms with Crippen LogP contribution in [0, 0.1) is 0 Å². The zero-order valence-electron chi connectivity index (χ0n) is 9.32. The molecule has 16 heavy (non-hydrogen) atoms. The highest BCUT2D eigenvalue weighted by Gasteiger charge is 2.45. The van der Waals surface area contributed by atoms with E-state index in [-0.39, 0.29) is 5.91 Å². The molecule has 2 rings (SSSR count). The van der Waals surface area contributed by atoms with Crippen molar-refractivity contribution in [2.45, 2.75) is 25.3 Å². The first-order valence-electron chi connectivity index (χ1n) is 5.47. The maximum atomic E-state index is 11.7. The van der Waals surface area contributed by atoms with Gasteiger partial charge in [0, 0.05) is 11.8 Å². The van der Waals surface area contributed by atoms with Crippen LogP contribution < -0.4 is 15.8 Å². The summed E-state index contributed by atoms with van der Waals surface area (Å²) in [5.41, 5.74) is 5.88. The Kier molecular flexibility index (Phi) is 2.83. The molecule has 0 spiro atoms. The summed E-state index contributed by atoms with van der Waals surface area (Å²) >= 11 is 0. The van der Waals surface area contributed by atoms with Crippen LogP contribution in [-0.4, -0.2) is 18.1 Å².